The molecular formula is C18H18Cl2N2O4. The van der Waals surface area contributed by atoms with E-state index >= 15 is 0 Å². The third-order valence-electron chi connectivity index (χ3n) is 3.61. The molecule has 0 saturated carbocycles. The molecule has 138 valence electrons. The fraction of sp³-hybridized carbons (Fsp3) is 0.278. The summed E-state index contributed by atoms with van der Waals surface area (Å²) in [5, 5.41) is 3.40. The van der Waals surface area contributed by atoms with E-state index in [0.717, 1.165) is 5.56 Å². The van der Waals surface area contributed by atoms with Crippen LogP contribution in [0.5, 0.6) is 5.75 Å². The number of nitrogens with one attached hydrogen (secondary N) is 1. The predicted octanol–water partition coefficient (Wildman–Crippen LogP) is 4.28. The van der Waals surface area contributed by atoms with Gasteiger partial charge in [-0.3, -0.25) is 4.79 Å². The number of ether oxygens (including phenoxy) is 2. The first-order valence-electron chi connectivity index (χ1n) is 7.83. The second kappa shape index (κ2) is 8.87. The highest BCUT2D eigenvalue weighted by Crippen LogP contribution is 2.31. The van der Waals surface area contributed by atoms with Gasteiger partial charge in [0.15, 0.2) is 6.10 Å². The molecular weight excluding hydrogens is 379 g/mol. The summed E-state index contributed by atoms with van der Waals surface area (Å²) in [5.74, 6) is -0.715. The van der Waals surface area contributed by atoms with Gasteiger partial charge in [-0.15, -0.1) is 0 Å². The maximum atomic E-state index is 12.5. The first-order chi connectivity index (χ1) is 12.3. The Morgan fingerprint density at radius 3 is 2.62 bits per heavy atom. The van der Waals surface area contributed by atoms with E-state index in [1.807, 2.05) is 6.92 Å². The molecule has 2 rings (SSSR count). The number of hydrogen-bond acceptors (Lipinski definition) is 5. The summed E-state index contributed by atoms with van der Waals surface area (Å²) in [6, 6.07) is 6.14. The normalized spacial score (nSPS) is 11.6. The van der Waals surface area contributed by atoms with Crippen LogP contribution in [-0.4, -0.2) is 30.1 Å². The van der Waals surface area contributed by atoms with Crippen molar-refractivity contribution in [3.63, 3.8) is 0 Å². The highest BCUT2D eigenvalue weighted by molar-refractivity contribution is 6.31. The molecule has 0 bridgehead atoms. The third-order valence-corrected chi connectivity index (χ3v) is 4.23. The molecule has 0 aliphatic rings. The number of halogens is 2. The lowest BCUT2D eigenvalue weighted by molar-refractivity contribution is -0.124. The van der Waals surface area contributed by atoms with E-state index in [1.54, 1.807) is 19.1 Å². The minimum atomic E-state index is -0.977. The Kier molecular flexibility index (Phi) is 6.83. The van der Waals surface area contributed by atoms with Gasteiger partial charge >= 0.3 is 5.97 Å². The number of carbonyl (C=O) groups is 2. The van der Waals surface area contributed by atoms with Crippen LogP contribution in [0.3, 0.4) is 0 Å². The minimum Gasteiger partial charge on any atom is -0.495 e. The van der Waals surface area contributed by atoms with Crippen LogP contribution in [0.4, 0.5) is 5.69 Å². The number of anilines is 1. The fourth-order valence-corrected chi connectivity index (χ4v) is 2.52. The second-order valence-electron chi connectivity index (χ2n) is 5.46. The van der Waals surface area contributed by atoms with Crippen molar-refractivity contribution in [3.8, 4) is 5.75 Å². The van der Waals surface area contributed by atoms with Gasteiger partial charge < -0.3 is 14.8 Å². The Hall–Kier alpha value is -2.31. The van der Waals surface area contributed by atoms with Gasteiger partial charge in [0.05, 0.1) is 18.4 Å². The van der Waals surface area contributed by atoms with Crippen molar-refractivity contribution < 1.29 is 19.1 Å². The summed E-state index contributed by atoms with van der Waals surface area (Å²) in [4.78, 5) is 28.5. The zero-order valence-corrected chi connectivity index (χ0v) is 16.0. The molecule has 0 aliphatic heterocycles. The molecule has 1 atom stereocenters. The monoisotopic (exact) mass is 396 g/mol. The average molecular weight is 397 g/mol. The van der Waals surface area contributed by atoms with Crippen molar-refractivity contribution >= 4 is 40.8 Å². The smallest absolute Gasteiger partial charge is 0.339 e. The van der Waals surface area contributed by atoms with Crippen LogP contribution < -0.4 is 10.1 Å². The molecule has 1 aromatic carbocycles. The number of esters is 1. The maximum absolute atomic E-state index is 12.5. The molecule has 1 aromatic heterocycles. The lowest BCUT2D eigenvalue weighted by Gasteiger charge is -2.18. The van der Waals surface area contributed by atoms with E-state index < -0.39 is 18.0 Å². The molecule has 1 amide bonds. The molecule has 1 N–H and O–H groups in total. The predicted molar refractivity (Wildman–Crippen MR) is 100 cm³/mol. The quantitative estimate of drug-likeness (QED) is 0.582. The lowest BCUT2D eigenvalue weighted by atomic mass is 10.2. The van der Waals surface area contributed by atoms with Crippen LogP contribution in [0.25, 0.3) is 0 Å². The number of carbonyl (C=O) groups excluding carboxylic acids is 2. The number of pyridine rings is 1. The lowest BCUT2D eigenvalue weighted by Crippen LogP contribution is -2.32. The standard InChI is InChI=1S/C18H18Cl2N2O4/c1-4-14(26-18(24)11-5-6-21-16(20)8-11)17(23)22-13-7-10(2)12(19)9-15(13)25-3/h5-9,14H,4H2,1-3H3,(H,22,23). The van der Waals surface area contributed by atoms with Crippen LogP contribution in [-0.2, 0) is 9.53 Å². The molecule has 26 heavy (non-hydrogen) atoms. The van der Waals surface area contributed by atoms with Gasteiger partial charge in [-0.1, -0.05) is 30.1 Å². The van der Waals surface area contributed by atoms with Gasteiger partial charge in [0.25, 0.3) is 5.91 Å². The number of nitrogens with zero attached hydrogens (tertiary/aromatic N) is 1. The van der Waals surface area contributed by atoms with Crippen molar-refractivity contribution in [3.05, 3.63) is 51.8 Å². The van der Waals surface area contributed by atoms with Crippen LogP contribution in [0.15, 0.2) is 30.5 Å². The summed E-state index contributed by atoms with van der Waals surface area (Å²) in [5.41, 5.74) is 1.44. The molecule has 2 aromatic rings. The van der Waals surface area contributed by atoms with Gasteiger partial charge in [0.1, 0.15) is 10.9 Å². The number of rotatable bonds is 6. The molecule has 0 radical (unpaired) electrons. The summed E-state index contributed by atoms with van der Waals surface area (Å²) in [6.45, 7) is 3.54. The first-order valence-corrected chi connectivity index (χ1v) is 8.58. The van der Waals surface area contributed by atoms with E-state index in [1.165, 1.54) is 25.4 Å². The van der Waals surface area contributed by atoms with Gasteiger partial charge in [0.2, 0.25) is 0 Å². The van der Waals surface area contributed by atoms with Crippen LogP contribution in [0.1, 0.15) is 29.3 Å². The average Bonchev–Trinajstić information content (AvgIpc) is 2.62. The highest BCUT2D eigenvalue weighted by atomic mass is 35.5. The molecule has 8 heteroatoms. The van der Waals surface area contributed by atoms with E-state index in [0.29, 0.717) is 22.9 Å². The van der Waals surface area contributed by atoms with Crippen molar-refractivity contribution in [2.75, 3.05) is 12.4 Å². The van der Waals surface area contributed by atoms with Gasteiger partial charge in [-0.25, -0.2) is 9.78 Å². The maximum Gasteiger partial charge on any atom is 0.339 e. The fourth-order valence-electron chi connectivity index (χ4n) is 2.19. The highest BCUT2D eigenvalue weighted by Gasteiger charge is 2.23. The molecule has 0 spiro atoms. The molecule has 0 aliphatic carbocycles. The Morgan fingerprint density at radius 2 is 2.00 bits per heavy atom. The van der Waals surface area contributed by atoms with Gasteiger partial charge in [-0.05, 0) is 37.1 Å². The number of hydrogen-bond donors (Lipinski definition) is 1. The van der Waals surface area contributed by atoms with E-state index in [4.69, 9.17) is 32.7 Å². The Bertz CT molecular complexity index is 827. The van der Waals surface area contributed by atoms with Gasteiger partial charge in [0, 0.05) is 17.3 Å². The largest absolute Gasteiger partial charge is 0.495 e. The number of aromatic nitrogens is 1. The number of amides is 1. The zero-order chi connectivity index (χ0) is 19.3. The van der Waals surface area contributed by atoms with E-state index in [9.17, 15) is 9.59 Å². The molecule has 0 saturated heterocycles. The third kappa shape index (κ3) is 4.86. The molecule has 1 heterocycles. The van der Waals surface area contributed by atoms with Gasteiger partial charge in [-0.2, -0.15) is 0 Å². The SMILES string of the molecule is CCC(OC(=O)c1ccnc(Cl)c1)C(=O)Nc1cc(C)c(Cl)cc1OC. The zero-order valence-electron chi connectivity index (χ0n) is 14.5. The van der Waals surface area contributed by atoms with E-state index in [2.05, 4.69) is 10.3 Å². The first kappa shape index (κ1) is 20.0. The van der Waals surface area contributed by atoms with Crippen molar-refractivity contribution in [1.29, 1.82) is 0 Å². The van der Waals surface area contributed by atoms with Crippen LogP contribution >= 0.6 is 23.2 Å². The minimum absolute atomic E-state index is 0.165. The number of benzene rings is 1. The topological polar surface area (TPSA) is 77.5 Å². The second-order valence-corrected chi connectivity index (χ2v) is 6.25. The summed E-state index contributed by atoms with van der Waals surface area (Å²) < 4.78 is 10.5. The van der Waals surface area contributed by atoms with E-state index in [-0.39, 0.29) is 10.7 Å². The Morgan fingerprint density at radius 1 is 1.27 bits per heavy atom. The molecule has 6 nitrogen and oxygen atoms in total. The van der Waals surface area contributed by atoms with Crippen molar-refractivity contribution in [2.45, 2.75) is 26.4 Å². The van der Waals surface area contributed by atoms with Crippen LogP contribution in [0, 0.1) is 6.92 Å². The summed E-state index contributed by atoms with van der Waals surface area (Å²) >= 11 is 11.8. The van der Waals surface area contributed by atoms with Crippen molar-refractivity contribution in [1.82, 2.24) is 4.98 Å². The van der Waals surface area contributed by atoms with Crippen LogP contribution in [0.2, 0.25) is 10.2 Å². The summed E-state index contributed by atoms with van der Waals surface area (Å²) in [6.07, 6.45) is 0.710. The summed E-state index contributed by atoms with van der Waals surface area (Å²) in [7, 11) is 1.47. The van der Waals surface area contributed by atoms with Crippen molar-refractivity contribution in [2.24, 2.45) is 0 Å². The molecule has 1 unspecified atom stereocenters. The molecule has 0 fully saturated rings. The number of aryl methyl sites for hydroxylation is 1. The Balaban J connectivity index is 2.14. The number of methoxy groups -OCH3 is 1. The Labute approximate surface area is 161 Å².